The molecule has 1 spiro atoms. The number of carbonyl (C=O) groups excluding carboxylic acids is 2. The lowest BCUT2D eigenvalue weighted by Gasteiger charge is -2.48. The summed E-state index contributed by atoms with van der Waals surface area (Å²) in [5, 5.41) is 0. The topological polar surface area (TPSA) is 69.3 Å². The minimum Gasteiger partial charge on any atom is -0.348 e. The Morgan fingerprint density at radius 2 is 2.04 bits per heavy atom. The van der Waals surface area contributed by atoms with Gasteiger partial charge in [-0.3, -0.25) is 9.59 Å². The van der Waals surface area contributed by atoms with Gasteiger partial charge in [-0.05, 0) is 31.4 Å². The molecule has 2 saturated heterocycles. The van der Waals surface area contributed by atoms with Gasteiger partial charge in [0, 0.05) is 61.9 Å². The Hall–Kier alpha value is -2.63. The molecule has 27 heavy (non-hydrogen) atoms. The fourth-order valence-corrected chi connectivity index (χ4v) is 4.46. The van der Waals surface area contributed by atoms with Crippen molar-refractivity contribution >= 4 is 11.8 Å². The van der Waals surface area contributed by atoms with Crippen molar-refractivity contribution in [2.75, 3.05) is 26.2 Å². The number of carbonyl (C=O) groups is 2. The van der Waals surface area contributed by atoms with E-state index in [4.69, 9.17) is 0 Å². The fraction of sp³-hybridized carbons (Fsp3) is 0.476. The van der Waals surface area contributed by atoms with Gasteiger partial charge in [-0.2, -0.15) is 0 Å². The van der Waals surface area contributed by atoms with Crippen LogP contribution in [0, 0.1) is 5.41 Å². The lowest BCUT2D eigenvalue weighted by atomic mass is 9.73. The highest BCUT2D eigenvalue weighted by Gasteiger charge is 2.42. The molecule has 6 nitrogen and oxygen atoms in total. The standard InChI is InChI=1S/C21H26N4O2/c26-19-7-10-21(14-24(19)12-8-18-13-22-16-23-18)9-4-11-25(15-21)20(27)17-5-2-1-3-6-17/h1-3,5-6,13,16H,4,7-12,14-15H2,(H,22,23)/t21-/m1/s1. The first kappa shape index (κ1) is 17.8. The lowest BCUT2D eigenvalue weighted by molar-refractivity contribution is -0.138. The number of rotatable bonds is 4. The molecule has 2 amide bonds. The molecule has 4 rings (SSSR count). The van der Waals surface area contributed by atoms with E-state index in [1.165, 1.54) is 0 Å². The van der Waals surface area contributed by atoms with Crippen LogP contribution in [0.1, 0.15) is 41.7 Å². The van der Waals surface area contributed by atoms with Crippen LogP contribution in [0.3, 0.4) is 0 Å². The molecular formula is C21H26N4O2. The second-order valence-electron chi connectivity index (χ2n) is 7.84. The Balaban J connectivity index is 1.43. The highest BCUT2D eigenvalue weighted by atomic mass is 16.2. The van der Waals surface area contributed by atoms with Gasteiger partial charge in [0.2, 0.25) is 5.91 Å². The molecule has 0 saturated carbocycles. The number of H-pyrrole nitrogens is 1. The van der Waals surface area contributed by atoms with Crippen LogP contribution < -0.4 is 0 Å². The van der Waals surface area contributed by atoms with Crippen molar-refractivity contribution in [3.05, 3.63) is 54.1 Å². The minimum atomic E-state index is 0.0323. The van der Waals surface area contributed by atoms with E-state index in [1.54, 1.807) is 6.33 Å². The summed E-state index contributed by atoms with van der Waals surface area (Å²) >= 11 is 0. The van der Waals surface area contributed by atoms with Gasteiger partial charge in [0.1, 0.15) is 0 Å². The molecule has 0 aliphatic carbocycles. The predicted octanol–water partition coefficient (Wildman–Crippen LogP) is 2.50. The maximum atomic E-state index is 12.9. The number of hydrogen-bond acceptors (Lipinski definition) is 3. The van der Waals surface area contributed by atoms with Gasteiger partial charge in [-0.25, -0.2) is 4.98 Å². The first-order valence-electron chi connectivity index (χ1n) is 9.75. The summed E-state index contributed by atoms with van der Waals surface area (Å²) in [6, 6.07) is 9.50. The zero-order valence-electron chi connectivity index (χ0n) is 15.6. The normalized spacial score (nSPS) is 23.0. The lowest BCUT2D eigenvalue weighted by Crippen LogP contribution is -2.55. The van der Waals surface area contributed by atoms with Crippen molar-refractivity contribution in [1.82, 2.24) is 19.8 Å². The van der Waals surface area contributed by atoms with Crippen molar-refractivity contribution in [1.29, 1.82) is 0 Å². The number of amides is 2. The highest BCUT2D eigenvalue weighted by molar-refractivity contribution is 5.94. The number of aromatic amines is 1. The number of nitrogens with zero attached hydrogens (tertiary/aromatic N) is 3. The summed E-state index contributed by atoms with van der Waals surface area (Å²) < 4.78 is 0. The molecule has 1 aromatic heterocycles. The van der Waals surface area contributed by atoms with Gasteiger partial charge in [0.25, 0.3) is 5.91 Å². The quantitative estimate of drug-likeness (QED) is 0.904. The average Bonchev–Trinajstić information content (AvgIpc) is 3.23. The van der Waals surface area contributed by atoms with Crippen LogP contribution in [-0.2, 0) is 11.2 Å². The Morgan fingerprint density at radius 1 is 1.19 bits per heavy atom. The van der Waals surface area contributed by atoms with Gasteiger partial charge in [0.15, 0.2) is 0 Å². The van der Waals surface area contributed by atoms with E-state index in [2.05, 4.69) is 9.97 Å². The molecule has 2 aromatic rings. The van der Waals surface area contributed by atoms with Gasteiger partial charge in [0.05, 0.1) is 6.33 Å². The summed E-state index contributed by atoms with van der Waals surface area (Å²) in [5.41, 5.74) is 1.83. The van der Waals surface area contributed by atoms with Gasteiger partial charge in [-0.1, -0.05) is 18.2 Å². The fourth-order valence-electron chi connectivity index (χ4n) is 4.46. The Labute approximate surface area is 159 Å². The molecule has 0 unspecified atom stereocenters. The number of nitrogens with one attached hydrogen (secondary N) is 1. The third kappa shape index (κ3) is 3.89. The van der Waals surface area contributed by atoms with E-state index in [0.717, 1.165) is 56.6 Å². The number of imidazole rings is 1. The predicted molar refractivity (Wildman–Crippen MR) is 102 cm³/mol. The SMILES string of the molecule is O=C1CC[C@]2(CCCN(C(=O)c3ccccc3)C2)CN1CCc1cnc[nH]1. The Kier molecular flexibility index (Phi) is 4.97. The molecular weight excluding hydrogens is 340 g/mol. The van der Waals surface area contributed by atoms with E-state index >= 15 is 0 Å². The summed E-state index contributed by atoms with van der Waals surface area (Å²) in [4.78, 5) is 36.4. The maximum Gasteiger partial charge on any atom is 0.253 e. The van der Waals surface area contributed by atoms with E-state index in [9.17, 15) is 9.59 Å². The number of likely N-dealkylation sites (tertiary alicyclic amines) is 2. The molecule has 1 N–H and O–H groups in total. The van der Waals surface area contributed by atoms with Crippen molar-refractivity contribution in [2.24, 2.45) is 5.41 Å². The summed E-state index contributed by atoms with van der Waals surface area (Å²) in [6.07, 6.45) is 7.81. The van der Waals surface area contributed by atoms with Crippen LogP contribution in [0.15, 0.2) is 42.9 Å². The summed E-state index contributed by atoms with van der Waals surface area (Å²) in [5.74, 6) is 0.335. The second kappa shape index (κ2) is 7.55. The third-order valence-electron chi connectivity index (χ3n) is 5.92. The van der Waals surface area contributed by atoms with E-state index in [-0.39, 0.29) is 17.2 Å². The van der Waals surface area contributed by atoms with Crippen LogP contribution in [0.5, 0.6) is 0 Å². The molecule has 2 fully saturated rings. The minimum absolute atomic E-state index is 0.0323. The largest absolute Gasteiger partial charge is 0.348 e. The molecule has 1 aromatic carbocycles. The average molecular weight is 366 g/mol. The Bertz CT molecular complexity index is 790. The zero-order chi connectivity index (χ0) is 18.7. The van der Waals surface area contributed by atoms with Crippen molar-refractivity contribution in [3.63, 3.8) is 0 Å². The van der Waals surface area contributed by atoms with Crippen molar-refractivity contribution in [3.8, 4) is 0 Å². The molecule has 1 atom stereocenters. The monoisotopic (exact) mass is 366 g/mol. The zero-order valence-corrected chi connectivity index (χ0v) is 15.6. The van der Waals surface area contributed by atoms with Gasteiger partial charge >= 0.3 is 0 Å². The van der Waals surface area contributed by atoms with Crippen LogP contribution in [-0.4, -0.2) is 57.8 Å². The smallest absolute Gasteiger partial charge is 0.253 e. The molecule has 2 aliphatic heterocycles. The number of aromatic nitrogens is 2. The second-order valence-corrected chi connectivity index (χ2v) is 7.84. The number of piperidine rings is 2. The molecule has 142 valence electrons. The number of benzene rings is 1. The van der Waals surface area contributed by atoms with Gasteiger partial charge in [-0.15, -0.1) is 0 Å². The van der Waals surface area contributed by atoms with E-state index in [1.807, 2.05) is 46.3 Å². The van der Waals surface area contributed by atoms with E-state index in [0.29, 0.717) is 13.0 Å². The molecule has 0 radical (unpaired) electrons. The van der Waals surface area contributed by atoms with E-state index < -0.39 is 0 Å². The van der Waals surface area contributed by atoms with Crippen LogP contribution in [0.25, 0.3) is 0 Å². The van der Waals surface area contributed by atoms with Crippen LogP contribution in [0.4, 0.5) is 0 Å². The molecule has 2 aliphatic rings. The first-order chi connectivity index (χ1) is 13.2. The maximum absolute atomic E-state index is 12.9. The molecule has 3 heterocycles. The summed E-state index contributed by atoms with van der Waals surface area (Å²) in [7, 11) is 0. The highest BCUT2D eigenvalue weighted by Crippen LogP contribution is 2.39. The first-order valence-corrected chi connectivity index (χ1v) is 9.75. The molecule has 0 bridgehead atoms. The summed E-state index contributed by atoms with van der Waals surface area (Å²) in [6.45, 7) is 3.00. The third-order valence-corrected chi connectivity index (χ3v) is 5.92. The van der Waals surface area contributed by atoms with Crippen LogP contribution in [0.2, 0.25) is 0 Å². The van der Waals surface area contributed by atoms with Crippen LogP contribution >= 0.6 is 0 Å². The van der Waals surface area contributed by atoms with Gasteiger partial charge < -0.3 is 14.8 Å². The number of hydrogen-bond donors (Lipinski definition) is 1. The molecule has 6 heteroatoms. The Morgan fingerprint density at radius 3 is 2.81 bits per heavy atom. The van der Waals surface area contributed by atoms with Crippen molar-refractivity contribution < 1.29 is 9.59 Å². The van der Waals surface area contributed by atoms with Crippen molar-refractivity contribution in [2.45, 2.75) is 32.1 Å².